The monoisotopic (exact) mass is 296 g/mol. The van der Waals surface area contributed by atoms with Gasteiger partial charge in [0.25, 0.3) is 0 Å². The van der Waals surface area contributed by atoms with Gasteiger partial charge < -0.3 is 4.74 Å². The first kappa shape index (κ1) is 20.2. The molecule has 2 nitrogen and oxygen atoms in total. The molecule has 0 aromatic carbocycles. The Labute approximate surface area is 132 Å². The molecule has 21 heavy (non-hydrogen) atoms. The molecule has 0 aliphatic carbocycles. The maximum Gasteiger partial charge on any atom is 0.309 e. The molecule has 0 rings (SSSR count). The molecule has 0 aromatic heterocycles. The van der Waals surface area contributed by atoms with Crippen LogP contribution in [0.5, 0.6) is 0 Å². The third kappa shape index (κ3) is 17.2. The average Bonchev–Trinajstić information content (AvgIpc) is 2.50. The van der Waals surface area contributed by atoms with Crippen LogP contribution in [0.2, 0.25) is 0 Å². The summed E-state index contributed by atoms with van der Waals surface area (Å²) in [6.07, 6.45) is 22.2. The lowest BCUT2D eigenvalue weighted by Gasteiger charge is -2.02. The number of hydrogen-bond acceptors (Lipinski definition) is 2. The summed E-state index contributed by atoms with van der Waals surface area (Å²) >= 11 is 0. The van der Waals surface area contributed by atoms with E-state index < -0.39 is 0 Å². The van der Waals surface area contributed by atoms with Gasteiger partial charge in [-0.1, -0.05) is 89.7 Å². The minimum absolute atomic E-state index is 0.152. The van der Waals surface area contributed by atoms with Gasteiger partial charge in [-0.2, -0.15) is 0 Å². The predicted octanol–water partition coefficient (Wildman–Crippen LogP) is 6.20. The highest BCUT2D eigenvalue weighted by Gasteiger charge is 1.94. The summed E-state index contributed by atoms with van der Waals surface area (Å²) in [5.41, 5.74) is 0. The second-order valence-electron chi connectivity index (χ2n) is 5.93. The summed E-state index contributed by atoms with van der Waals surface area (Å²) in [4.78, 5) is 10.9. The van der Waals surface area contributed by atoms with Crippen molar-refractivity contribution < 1.29 is 9.53 Å². The molecule has 0 aromatic rings. The molecule has 0 N–H and O–H groups in total. The van der Waals surface area contributed by atoms with Crippen molar-refractivity contribution in [1.29, 1.82) is 0 Å². The second-order valence-corrected chi connectivity index (χ2v) is 5.93. The van der Waals surface area contributed by atoms with E-state index in [2.05, 4.69) is 17.7 Å². The molecule has 0 amide bonds. The molecule has 0 aliphatic heterocycles. The number of carbonyl (C=O) groups excluding carboxylic acids is 1. The molecular formula is C19H36O2. The van der Waals surface area contributed by atoms with Crippen molar-refractivity contribution in [3.8, 4) is 0 Å². The van der Waals surface area contributed by atoms with Gasteiger partial charge in [0.2, 0.25) is 0 Å². The van der Waals surface area contributed by atoms with Gasteiger partial charge in [-0.05, 0) is 12.8 Å². The minimum atomic E-state index is -0.152. The molecule has 0 bridgehead atoms. The fraction of sp³-hybridized carbons (Fsp3) is 0.842. The number of unbranched alkanes of at least 4 members (excludes halogenated alkanes) is 12. The van der Waals surface area contributed by atoms with Crippen LogP contribution < -0.4 is 0 Å². The van der Waals surface area contributed by atoms with E-state index in [1.807, 2.05) is 6.08 Å². The fourth-order valence-corrected chi connectivity index (χ4v) is 2.48. The fourth-order valence-electron chi connectivity index (χ4n) is 2.48. The van der Waals surface area contributed by atoms with Gasteiger partial charge in [-0.25, -0.2) is 0 Å². The molecule has 2 heteroatoms. The van der Waals surface area contributed by atoms with E-state index in [0.29, 0.717) is 6.42 Å². The molecule has 0 heterocycles. The molecule has 0 saturated carbocycles. The predicted molar refractivity (Wildman–Crippen MR) is 91.5 cm³/mol. The number of carbonyl (C=O) groups is 1. The van der Waals surface area contributed by atoms with Crippen LogP contribution in [0.1, 0.15) is 96.8 Å². The van der Waals surface area contributed by atoms with Crippen molar-refractivity contribution in [2.45, 2.75) is 96.8 Å². The zero-order chi connectivity index (χ0) is 15.6. The van der Waals surface area contributed by atoms with Crippen LogP contribution in [0.4, 0.5) is 0 Å². The summed E-state index contributed by atoms with van der Waals surface area (Å²) in [6.45, 7) is 2.27. The maximum absolute atomic E-state index is 10.9. The molecule has 0 unspecified atom stereocenters. The van der Waals surface area contributed by atoms with Crippen molar-refractivity contribution in [3.63, 3.8) is 0 Å². The first-order valence-corrected chi connectivity index (χ1v) is 9.03. The van der Waals surface area contributed by atoms with Crippen LogP contribution in [-0.2, 0) is 9.53 Å². The third-order valence-electron chi connectivity index (χ3n) is 3.90. The highest BCUT2D eigenvalue weighted by molar-refractivity contribution is 5.70. The summed E-state index contributed by atoms with van der Waals surface area (Å²) in [5.74, 6) is -0.152. The largest absolute Gasteiger partial charge is 0.469 e. The van der Waals surface area contributed by atoms with Gasteiger partial charge in [0.15, 0.2) is 0 Å². The zero-order valence-corrected chi connectivity index (χ0v) is 14.4. The molecule has 0 saturated heterocycles. The Balaban J connectivity index is 3.07. The van der Waals surface area contributed by atoms with Crippen molar-refractivity contribution >= 4 is 5.97 Å². The average molecular weight is 296 g/mol. The SMILES string of the molecule is CCCCCCCCCCCCCCC=CCC(=O)OC. The molecule has 0 radical (unpaired) electrons. The Kier molecular flexibility index (Phi) is 16.6. The minimum Gasteiger partial charge on any atom is -0.469 e. The lowest BCUT2D eigenvalue weighted by molar-refractivity contribution is -0.139. The molecule has 124 valence electrons. The lowest BCUT2D eigenvalue weighted by atomic mass is 10.0. The topological polar surface area (TPSA) is 26.3 Å². The Morgan fingerprint density at radius 3 is 1.71 bits per heavy atom. The highest BCUT2D eigenvalue weighted by Crippen LogP contribution is 2.12. The zero-order valence-electron chi connectivity index (χ0n) is 14.4. The second kappa shape index (κ2) is 17.3. The van der Waals surface area contributed by atoms with Gasteiger partial charge in [-0.3, -0.25) is 4.79 Å². The number of ether oxygens (including phenoxy) is 1. The van der Waals surface area contributed by atoms with E-state index in [0.717, 1.165) is 6.42 Å². The van der Waals surface area contributed by atoms with Crippen LogP contribution >= 0.6 is 0 Å². The summed E-state index contributed by atoms with van der Waals surface area (Å²) in [7, 11) is 1.43. The molecule has 0 atom stereocenters. The van der Waals surface area contributed by atoms with Crippen molar-refractivity contribution in [2.75, 3.05) is 7.11 Å². The number of hydrogen-bond donors (Lipinski definition) is 0. The van der Waals surface area contributed by atoms with E-state index >= 15 is 0 Å². The van der Waals surface area contributed by atoms with Gasteiger partial charge >= 0.3 is 5.97 Å². The van der Waals surface area contributed by atoms with E-state index in [4.69, 9.17) is 0 Å². The Morgan fingerprint density at radius 1 is 0.762 bits per heavy atom. The van der Waals surface area contributed by atoms with E-state index in [9.17, 15) is 4.79 Å². The first-order valence-electron chi connectivity index (χ1n) is 9.03. The van der Waals surface area contributed by atoms with Crippen LogP contribution in [0.15, 0.2) is 12.2 Å². The number of esters is 1. The summed E-state index contributed by atoms with van der Waals surface area (Å²) in [6, 6.07) is 0. The molecule has 0 spiro atoms. The summed E-state index contributed by atoms with van der Waals surface area (Å²) < 4.78 is 4.58. The van der Waals surface area contributed by atoms with E-state index in [-0.39, 0.29) is 5.97 Å². The van der Waals surface area contributed by atoms with Gasteiger partial charge in [-0.15, -0.1) is 0 Å². The maximum atomic E-state index is 10.9. The van der Waals surface area contributed by atoms with Gasteiger partial charge in [0, 0.05) is 0 Å². The molecule has 0 aliphatic rings. The van der Waals surface area contributed by atoms with Crippen molar-refractivity contribution in [2.24, 2.45) is 0 Å². The smallest absolute Gasteiger partial charge is 0.309 e. The normalized spacial score (nSPS) is 11.1. The van der Waals surface area contributed by atoms with Crippen molar-refractivity contribution in [3.05, 3.63) is 12.2 Å². The van der Waals surface area contributed by atoms with Crippen LogP contribution in [0, 0.1) is 0 Å². The van der Waals surface area contributed by atoms with Crippen LogP contribution in [0.3, 0.4) is 0 Å². The van der Waals surface area contributed by atoms with Crippen molar-refractivity contribution in [1.82, 2.24) is 0 Å². The molecule has 0 fully saturated rings. The van der Waals surface area contributed by atoms with E-state index in [1.54, 1.807) is 0 Å². The highest BCUT2D eigenvalue weighted by atomic mass is 16.5. The summed E-state index contributed by atoms with van der Waals surface area (Å²) in [5, 5.41) is 0. The molecular weight excluding hydrogens is 260 g/mol. The Hall–Kier alpha value is -0.790. The number of rotatable bonds is 15. The lowest BCUT2D eigenvalue weighted by Crippen LogP contribution is -1.96. The quantitative estimate of drug-likeness (QED) is 0.204. The van der Waals surface area contributed by atoms with Gasteiger partial charge in [0.05, 0.1) is 13.5 Å². The Bertz CT molecular complexity index is 246. The first-order chi connectivity index (χ1) is 10.3. The van der Waals surface area contributed by atoms with Crippen LogP contribution in [0.25, 0.3) is 0 Å². The number of allylic oxidation sites excluding steroid dienone is 1. The van der Waals surface area contributed by atoms with Crippen LogP contribution in [-0.4, -0.2) is 13.1 Å². The van der Waals surface area contributed by atoms with Gasteiger partial charge in [0.1, 0.15) is 0 Å². The number of methoxy groups -OCH3 is 1. The standard InChI is InChI=1S/C19H36O2/c1-3-4-5-6-7-8-9-10-11-12-13-14-15-16-17-18-19(20)21-2/h16-17H,3-15,18H2,1-2H3. The van der Waals surface area contributed by atoms with E-state index in [1.165, 1.54) is 84.2 Å². The Morgan fingerprint density at radius 2 is 1.24 bits per heavy atom. The third-order valence-corrected chi connectivity index (χ3v) is 3.90.